The Morgan fingerprint density at radius 2 is 1.47 bits per heavy atom. The minimum Gasteiger partial charge on any atom is -0.478 e. The average molecular weight is 524 g/mol. The molecule has 0 fully saturated rings. The van der Waals surface area contributed by atoms with Crippen molar-refractivity contribution in [3.8, 4) is 0 Å². The van der Waals surface area contributed by atoms with Crippen LogP contribution in [-0.4, -0.2) is 33.2 Å². The van der Waals surface area contributed by atoms with Crippen molar-refractivity contribution in [1.82, 2.24) is 4.57 Å². The van der Waals surface area contributed by atoms with E-state index >= 15 is 0 Å². The molecule has 0 bridgehead atoms. The highest BCUT2D eigenvalue weighted by molar-refractivity contribution is 8.00. The Bertz CT molecular complexity index is 1690. The smallest absolute Gasteiger partial charge is 0.336 e. The molecule has 0 aliphatic rings. The lowest BCUT2D eigenvalue weighted by atomic mass is 10.1. The summed E-state index contributed by atoms with van der Waals surface area (Å²) in [4.78, 5) is 37.6. The molecule has 190 valence electrons. The largest absolute Gasteiger partial charge is 0.478 e. The topological polar surface area (TPSA) is 100 Å². The molecule has 0 spiro atoms. The number of thioether (sulfide) groups is 1. The number of fused-ring (bicyclic) bond motifs is 3. The highest BCUT2D eigenvalue weighted by atomic mass is 32.2. The normalized spacial score (nSPS) is 11.0. The van der Waals surface area contributed by atoms with Crippen LogP contribution in [0.25, 0.3) is 21.8 Å². The maximum absolute atomic E-state index is 12.7. The predicted molar refractivity (Wildman–Crippen MR) is 152 cm³/mol. The Labute approximate surface area is 223 Å². The molecule has 3 N–H and O–H groups in total. The number of carbonyl (C=O) groups excluding carboxylic acids is 2. The zero-order valence-electron chi connectivity index (χ0n) is 20.6. The lowest BCUT2D eigenvalue weighted by Gasteiger charge is -2.10. The lowest BCUT2D eigenvalue weighted by molar-refractivity contribution is -0.113. The SMILES string of the molecule is CCn1c2ccccc2c2cc(NC(=O)CSc3cccc(NC(=O)c4ccccc4C(=O)O)c3)ccc21. The molecule has 1 aromatic heterocycles. The Balaban J connectivity index is 1.25. The molecule has 0 aliphatic carbocycles. The van der Waals surface area contributed by atoms with Gasteiger partial charge < -0.3 is 20.3 Å². The van der Waals surface area contributed by atoms with Gasteiger partial charge in [-0.05, 0) is 61.5 Å². The van der Waals surface area contributed by atoms with Gasteiger partial charge >= 0.3 is 5.97 Å². The van der Waals surface area contributed by atoms with Crippen LogP contribution in [0.1, 0.15) is 27.6 Å². The van der Waals surface area contributed by atoms with E-state index in [2.05, 4.69) is 34.3 Å². The first-order chi connectivity index (χ1) is 18.4. The average Bonchev–Trinajstić information content (AvgIpc) is 3.25. The summed E-state index contributed by atoms with van der Waals surface area (Å²) in [5.41, 5.74) is 3.56. The van der Waals surface area contributed by atoms with E-state index in [0.29, 0.717) is 5.69 Å². The number of rotatable bonds is 8. The van der Waals surface area contributed by atoms with E-state index in [9.17, 15) is 19.5 Å². The van der Waals surface area contributed by atoms with Gasteiger partial charge in [0, 0.05) is 44.6 Å². The fraction of sp³-hybridized carbons (Fsp3) is 0.100. The van der Waals surface area contributed by atoms with Gasteiger partial charge in [-0.1, -0.05) is 36.4 Å². The van der Waals surface area contributed by atoms with Gasteiger partial charge in [-0.15, -0.1) is 11.8 Å². The van der Waals surface area contributed by atoms with Crippen molar-refractivity contribution in [3.05, 3.63) is 102 Å². The molecule has 0 radical (unpaired) electrons. The minimum absolute atomic E-state index is 0.0651. The molecule has 5 aromatic rings. The number of carboxylic acids is 1. The lowest BCUT2D eigenvalue weighted by Crippen LogP contribution is -2.16. The van der Waals surface area contributed by atoms with Crippen LogP contribution in [-0.2, 0) is 11.3 Å². The Hall–Kier alpha value is -4.56. The molecule has 0 atom stereocenters. The van der Waals surface area contributed by atoms with Gasteiger partial charge in [0.25, 0.3) is 5.91 Å². The summed E-state index contributed by atoms with van der Waals surface area (Å²) in [6, 6.07) is 27.4. The van der Waals surface area contributed by atoms with E-state index in [1.165, 1.54) is 29.4 Å². The van der Waals surface area contributed by atoms with Crippen molar-refractivity contribution in [2.75, 3.05) is 16.4 Å². The van der Waals surface area contributed by atoms with Crippen molar-refractivity contribution >= 4 is 62.7 Å². The molecule has 7 nitrogen and oxygen atoms in total. The number of benzene rings is 4. The molecule has 4 aromatic carbocycles. The zero-order chi connectivity index (χ0) is 26.6. The summed E-state index contributed by atoms with van der Waals surface area (Å²) in [5, 5.41) is 17.3. The molecule has 1 heterocycles. The molecule has 0 saturated carbocycles. The fourth-order valence-electron chi connectivity index (χ4n) is 4.55. The Morgan fingerprint density at radius 3 is 2.26 bits per heavy atom. The van der Waals surface area contributed by atoms with Gasteiger partial charge in [0.1, 0.15) is 0 Å². The summed E-state index contributed by atoms with van der Waals surface area (Å²) < 4.78 is 2.26. The molecule has 8 heteroatoms. The van der Waals surface area contributed by atoms with Crippen LogP contribution in [0.5, 0.6) is 0 Å². The molecule has 2 amide bonds. The van der Waals surface area contributed by atoms with Crippen LogP contribution < -0.4 is 10.6 Å². The first-order valence-electron chi connectivity index (χ1n) is 12.1. The van der Waals surface area contributed by atoms with E-state index < -0.39 is 11.9 Å². The third kappa shape index (κ3) is 5.12. The number of aromatic nitrogens is 1. The van der Waals surface area contributed by atoms with Crippen LogP contribution in [0.2, 0.25) is 0 Å². The van der Waals surface area contributed by atoms with Gasteiger partial charge in [-0.25, -0.2) is 4.79 Å². The quantitative estimate of drug-likeness (QED) is 0.202. The second-order valence-corrected chi connectivity index (χ2v) is 9.71. The Kier molecular flexibility index (Phi) is 7.15. The first kappa shape index (κ1) is 25.1. The van der Waals surface area contributed by atoms with E-state index in [-0.39, 0.29) is 22.8 Å². The number of aryl methyl sites for hydroxylation is 1. The van der Waals surface area contributed by atoms with E-state index in [4.69, 9.17) is 0 Å². The number of anilines is 2. The van der Waals surface area contributed by atoms with Crippen molar-refractivity contribution in [3.63, 3.8) is 0 Å². The van der Waals surface area contributed by atoms with Crippen LogP contribution in [0.4, 0.5) is 11.4 Å². The third-order valence-corrected chi connectivity index (χ3v) is 7.23. The van der Waals surface area contributed by atoms with E-state index in [1.807, 2.05) is 36.4 Å². The summed E-state index contributed by atoms with van der Waals surface area (Å²) in [6.45, 7) is 2.98. The number of nitrogens with zero attached hydrogens (tertiary/aromatic N) is 1. The number of carbonyl (C=O) groups is 3. The van der Waals surface area contributed by atoms with Crippen molar-refractivity contribution < 1.29 is 19.5 Å². The van der Waals surface area contributed by atoms with Gasteiger partial charge in [0.05, 0.1) is 16.9 Å². The van der Waals surface area contributed by atoms with Gasteiger partial charge in [-0.3, -0.25) is 9.59 Å². The molecule has 5 rings (SSSR count). The Morgan fingerprint density at radius 1 is 0.763 bits per heavy atom. The third-order valence-electron chi connectivity index (χ3n) is 6.24. The molecule has 0 unspecified atom stereocenters. The molecular weight excluding hydrogens is 498 g/mol. The van der Waals surface area contributed by atoms with Gasteiger partial charge in [-0.2, -0.15) is 0 Å². The number of amides is 2. The fourth-order valence-corrected chi connectivity index (χ4v) is 5.30. The highest BCUT2D eigenvalue weighted by Gasteiger charge is 2.16. The van der Waals surface area contributed by atoms with E-state index in [0.717, 1.165) is 33.4 Å². The van der Waals surface area contributed by atoms with Gasteiger partial charge in [0.15, 0.2) is 0 Å². The summed E-state index contributed by atoms with van der Waals surface area (Å²) in [5.74, 6) is -1.63. The number of para-hydroxylation sites is 1. The second-order valence-electron chi connectivity index (χ2n) is 8.66. The van der Waals surface area contributed by atoms with Crippen LogP contribution in [0, 0.1) is 0 Å². The highest BCUT2D eigenvalue weighted by Crippen LogP contribution is 2.31. The summed E-state index contributed by atoms with van der Waals surface area (Å²) in [7, 11) is 0. The van der Waals surface area contributed by atoms with E-state index in [1.54, 1.807) is 30.3 Å². The van der Waals surface area contributed by atoms with Crippen LogP contribution in [0.15, 0.2) is 95.9 Å². The minimum atomic E-state index is -1.17. The van der Waals surface area contributed by atoms with Crippen molar-refractivity contribution in [2.24, 2.45) is 0 Å². The van der Waals surface area contributed by atoms with Crippen LogP contribution in [0.3, 0.4) is 0 Å². The standard InChI is InChI=1S/C30H25N3O4S/c1-2-33-26-13-6-5-10-22(26)25-17-20(14-15-27(25)33)31-28(34)18-38-21-9-7-8-19(16-21)32-29(35)23-11-3-4-12-24(23)30(36)37/h3-17H,2,18H2,1H3,(H,31,34)(H,32,35)(H,36,37). The molecule has 38 heavy (non-hydrogen) atoms. The first-order valence-corrected chi connectivity index (χ1v) is 13.1. The number of hydrogen-bond donors (Lipinski definition) is 3. The second kappa shape index (κ2) is 10.8. The number of carboxylic acid groups (broad SMARTS) is 1. The van der Waals surface area contributed by atoms with Gasteiger partial charge in [0.2, 0.25) is 5.91 Å². The molecular formula is C30H25N3O4S. The summed E-state index contributed by atoms with van der Waals surface area (Å²) in [6.07, 6.45) is 0. The summed E-state index contributed by atoms with van der Waals surface area (Å²) >= 11 is 1.35. The zero-order valence-corrected chi connectivity index (χ0v) is 21.4. The molecule has 0 aliphatic heterocycles. The number of hydrogen-bond acceptors (Lipinski definition) is 4. The van der Waals surface area contributed by atoms with Crippen molar-refractivity contribution in [2.45, 2.75) is 18.4 Å². The number of aromatic carboxylic acids is 1. The maximum atomic E-state index is 12.7. The van der Waals surface area contributed by atoms with Crippen LogP contribution >= 0.6 is 11.8 Å². The predicted octanol–water partition coefficient (Wildman–Crippen LogP) is 6.50. The monoisotopic (exact) mass is 523 g/mol. The maximum Gasteiger partial charge on any atom is 0.336 e. The number of nitrogens with one attached hydrogen (secondary N) is 2. The van der Waals surface area contributed by atoms with Crippen molar-refractivity contribution in [1.29, 1.82) is 0 Å². The molecule has 0 saturated heterocycles.